The summed E-state index contributed by atoms with van der Waals surface area (Å²) in [6, 6.07) is 9.70. The normalized spacial score (nSPS) is 10.4. The predicted molar refractivity (Wildman–Crippen MR) is 105 cm³/mol. The summed E-state index contributed by atoms with van der Waals surface area (Å²) >= 11 is 3.06. The molecule has 0 saturated heterocycles. The summed E-state index contributed by atoms with van der Waals surface area (Å²) in [6.07, 6.45) is 4.02. The summed E-state index contributed by atoms with van der Waals surface area (Å²) in [7, 11) is 1.85. The number of hydrogen-bond acceptors (Lipinski definition) is 7. The minimum atomic E-state index is -0.00543. The Morgan fingerprint density at radius 3 is 2.56 bits per heavy atom. The van der Waals surface area contributed by atoms with E-state index >= 15 is 0 Å². The van der Waals surface area contributed by atoms with Gasteiger partial charge in [-0.2, -0.15) is 0 Å². The average Bonchev–Trinajstić information content (AvgIpc) is 3.27. The van der Waals surface area contributed by atoms with E-state index in [0.29, 0.717) is 0 Å². The van der Waals surface area contributed by atoms with Gasteiger partial charge in [0.2, 0.25) is 0 Å². The van der Waals surface area contributed by atoms with E-state index in [2.05, 4.69) is 15.3 Å². The van der Waals surface area contributed by atoms with Gasteiger partial charge >= 0.3 is 0 Å². The van der Waals surface area contributed by atoms with Crippen LogP contribution in [0, 0.1) is 6.92 Å². The molecule has 0 amide bonds. The number of anilines is 1. The molecule has 25 heavy (non-hydrogen) atoms. The lowest BCUT2D eigenvalue weighted by Gasteiger charge is -1.91. The Kier molecular flexibility index (Phi) is 7.46. The molecular weight excluding hydrogens is 354 g/mol. The lowest BCUT2D eigenvalue weighted by molar-refractivity contribution is -0.104. The maximum atomic E-state index is 9.89. The first kappa shape index (κ1) is 19.0. The third-order valence-electron chi connectivity index (χ3n) is 3.09. The average molecular weight is 374 g/mol. The van der Waals surface area contributed by atoms with Gasteiger partial charge in [0.05, 0.1) is 22.9 Å². The number of carbonyl (C=O) groups excluding carboxylic acids is 1. The Morgan fingerprint density at radius 2 is 2.00 bits per heavy atom. The quantitative estimate of drug-likeness (QED) is 0.522. The Hall–Kier alpha value is -2.35. The first-order valence-electron chi connectivity index (χ1n) is 7.55. The maximum absolute atomic E-state index is 9.89. The Morgan fingerprint density at radius 1 is 1.24 bits per heavy atom. The Balaban J connectivity index is 0.000000196. The molecule has 0 radical (unpaired) electrons. The van der Waals surface area contributed by atoms with E-state index in [4.69, 9.17) is 5.11 Å². The third-order valence-corrected chi connectivity index (χ3v) is 5.12. The molecule has 0 unspecified atom stereocenters. The van der Waals surface area contributed by atoms with Gasteiger partial charge in [-0.15, -0.1) is 22.7 Å². The minimum absolute atomic E-state index is 0.00543. The van der Waals surface area contributed by atoms with Crippen LogP contribution in [0.1, 0.15) is 16.3 Å². The van der Waals surface area contributed by atoms with Crippen molar-refractivity contribution in [2.24, 2.45) is 0 Å². The monoisotopic (exact) mass is 373 g/mol. The van der Waals surface area contributed by atoms with Crippen LogP contribution in [-0.2, 0) is 11.4 Å². The zero-order valence-electron chi connectivity index (χ0n) is 14.0. The van der Waals surface area contributed by atoms with Gasteiger partial charge < -0.3 is 10.4 Å². The zero-order valence-corrected chi connectivity index (χ0v) is 15.6. The van der Waals surface area contributed by atoms with Crippen molar-refractivity contribution in [3.63, 3.8) is 0 Å². The number of aldehydes is 1. The number of benzene rings is 1. The number of allylic oxidation sites excluding steroid dienone is 1. The van der Waals surface area contributed by atoms with Gasteiger partial charge in [-0.1, -0.05) is 36.4 Å². The molecule has 3 rings (SSSR count). The third kappa shape index (κ3) is 5.60. The second kappa shape index (κ2) is 9.83. The lowest BCUT2D eigenvalue weighted by Crippen LogP contribution is -1.85. The van der Waals surface area contributed by atoms with Gasteiger partial charge in [0.1, 0.15) is 11.3 Å². The van der Waals surface area contributed by atoms with E-state index in [1.165, 1.54) is 17.4 Å². The highest BCUT2D eigenvalue weighted by atomic mass is 32.1. The molecule has 0 spiro atoms. The highest BCUT2D eigenvalue weighted by molar-refractivity contribution is 7.16. The fourth-order valence-electron chi connectivity index (χ4n) is 1.96. The summed E-state index contributed by atoms with van der Waals surface area (Å²) in [5.74, 6) is 0. The molecular formula is C18H19N3O2S2. The fourth-order valence-corrected chi connectivity index (χ4v) is 3.59. The predicted octanol–water partition coefficient (Wildman–Crippen LogP) is 4.01. The number of rotatable bonds is 5. The number of aliphatic hydroxyl groups is 1. The van der Waals surface area contributed by atoms with Gasteiger partial charge in [-0.25, -0.2) is 9.97 Å². The standard InChI is InChI=1S/C9H11N3OS2.C9H8O/c1-5-8(15-7(3-13)11-5)6-4-14-9(10-2)12-6;10-8-4-7-9-5-2-1-3-6-9/h4,13H,3H2,1-2H3,(H,10,12);1-8H/b;7-4+. The molecule has 0 fully saturated rings. The van der Waals surface area contributed by atoms with Crippen LogP contribution in [0.4, 0.5) is 5.13 Å². The number of aromatic nitrogens is 2. The van der Waals surface area contributed by atoms with Crippen LogP contribution in [0.15, 0.2) is 41.8 Å². The summed E-state index contributed by atoms with van der Waals surface area (Å²) in [5.41, 5.74) is 2.91. The summed E-state index contributed by atoms with van der Waals surface area (Å²) < 4.78 is 0. The minimum Gasteiger partial charge on any atom is -0.389 e. The first-order valence-corrected chi connectivity index (χ1v) is 9.25. The molecule has 0 bridgehead atoms. The van der Waals surface area contributed by atoms with Crippen molar-refractivity contribution in [3.05, 3.63) is 58.1 Å². The molecule has 3 aromatic rings. The molecule has 0 aliphatic heterocycles. The van der Waals surface area contributed by atoms with E-state index in [9.17, 15) is 4.79 Å². The van der Waals surface area contributed by atoms with Crippen LogP contribution in [0.5, 0.6) is 0 Å². The number of nitrogens with zero attached hydrogens (tertiary/aromatic N) is 2. The van der Waals surface area contributed by atoms with E-state index in [1.54, 1.807) is 17.4 Å². The zero-order chi connectivity index (χ0) is 18.1. The van der Waals surface area contributed by atoms with E-state index in [1.807, 2.05) is 49.7 Å². The second-order valence-corrected chi connectivity index (χ2v) is 6.82. The van der Waals surface area contributed by atoms with E-state index < -0.39 is 0 Å². The van der Waals surface area contributed by atoms with E-state index in [-0.39, 0.29) is 6.61 Å². The number of nitrogens with one attached hydrogen (secondary N) is 1. The van der Waals surface area contributed by atoms with Crippen molar-refractivity contribution in [2.75, 3.05) is 12.4 Å². The molecule has 7 heteroatoms. The molecule has 2 N–H and O–H groups in total. The number of hydrogen-bond donors (Lipinski definition) is 2. The highest BCUT2D eigenvalue weighted by Gasteiger charge is 2.11. The van der Waals surface area contributed by atoms with Crippen molar-refractivity contribution >= 4 is 40.2 Å². The van der Waals surface area contributed by atoms with Crippen LogP contribution in [0.25, 0.3) is 16.6 Å². The van der Waals surface area contributed by atoms with Gasteiger partial charge in [-0.3, -0.25) is 4.79 Å². The molecule has 0 aliphatic rings. The molecule has 1 aromatic carbocycles. The number of carbonyl (C=O) groups is 1. The van der Waals surface area contributed by atoms with E-state index in [0.717, 1.165) is 38.3 Å². The second-order valence-electron chi connectivity index (χ2n) is 4.87. The molecule has 5 nitrogen and oxygen atoms in total. The molecule has 130 valence electrons. The topological polar surface area (TPSA) is 75.1 Å². The Bertz CT molecular complexity index is 826. The summed E-state index contributed by atoms with van der Waals surface area (Å²) in [6.45, 7) is 1.93. The summed E-state index contributed by atoms with van der Waals surface area (Å²) in [4.78, 5) is 19.6. The summed E-state index contributed by atoms with van der Waals surface area (Å²) in [5, 5.41) is 15.6. The van der Waals surface area contributed by atoms with Crippen LogP contribution in [0.2, 0.25) is 0 Å². The van der Waals surface area contributed by atoms with Crippen molar-refractivity contribution in [2.45, 2.75) is 13.5 Å². The molecule has 2 aromatic heterocycles. The number of aliphatic hydroxyl groups excluding tert-OH is 1. The largest absolute Gasteiger partial charge is 0.389 e. The fraction of sp³-hybridized carbons (Fsp3) is 0.167. The maximum Gasteiger partial charge on any atom is 0.182 e. The number of aryl methyl sites for hydroxylation is 1. The van der Waals surface area contributed by atoms with Gasteiger partial charge in [0.15, 0.2) is 5.13 Å². The van der Waals surface area contributed by atoms with Crippen molar-refractivity contribution in [1.29, 1.82) is 0 Å². The first-order chi connectivity index (χ1) is 12.2. The van der Waals surface area contributed by atoms with Crippen LogP contribution >= 0.6 is 22.7 Å². The van der Waals surface area contributed by atoms with Gasteiger partial charge in [-0.05, 0) is 18.6 Å². The van der Waals surface area contributed by atoms with Crippen LogP contribution in [-0.4, -0.2) is 28.4 Å². The SMILES string of the molecule is CNc1nc(-c2sc(CO)nc2C)cs1.O=C/C=C/c1ccccc1. The van der Waals surface area contributed by atoms with Crippen molar-refractivity contribution < 1.29 is 9.90 Å². The lowest BCUT2D eigenvalue weighted by atomic mass is 10.2. The van der Waals surface area contributed by atoms with Gasteiger partial charge in [0, 0.05) is 12.4 Å². The Labute approximate surface area is 154 Å². The van der Waals surface area contributed by atoms with Gasteiger partial charge in [0.25, 0.3) is 0 Å². The molecule has 2 heterocycles. The number of thiazole rings is 2. The van der Waals surface area contributed by atoms with Crippen LogP contribution < -0.4 is 5.32 Å². The molecule has 0 aliphatic carbocycles. The van der Waals surface area contributed by atoms with Crippen LogP contribution in [0.3, 0.4) is 0 Å². The molecule has 0 atom stereocenters. The van der Waals surface area contributed by atoms with Crippen molar-refractivity contribution in [3.8, 4) is 10.6 Å². The smallest absolute Gasteiger partial charge is 0.182 e. The molecule has 0 saturated carbocycles. The highest BCUT2D eigenvalue weighted by Crippen LogP contribution is 2.32. The van der Waals surface area contributed by atoms with Crippen molar-refractivity contribution in [1.82, 2.24) is 9.97 Å².